The van der Waals surface area contributed by atoms with E-state index in [0.717, 1.165) is 22.2 Å². The second-order valence-corrected chi connectivity index (χ2v) is 6.21. The normalized spacial score (nSPS) is 10.9. The summed E-state index contributed by atoms with van der Waals surface area (Å²) < 4.78 is 1.97. The maximum absolute atomic E-state index is 12.4. The zero-order chi connectivity index (χ0) is 19.5. The van der Waals surface area contributed by atoms with E-state index in [-0.39, 0.29) is 5.91 Å². The Morgan fingerprint density at radius 2 is 2.11 bits per heavy atom. The van der Waals surface area contributed by atoms with Gasteiger partial charge in [-0.25, -0.2) is 9.97 Å². The van der Waals surface area contributed by atoms with Crippen molar-refractivity contribution in [1.82, 2.24) is 24.7 Å². The Bertz CT molecular complexity index is 1120. The maximum Gasteiger partial charge on any atom is 0.250 e. The maximum atomic E-state index is 12.4. The molecule has 3 aromatic heterocycles. The van der Waals surface area contributed by atoms with Crippen molar-refractivity contribution in [2.75, 3.05) is 17.2 Å². The van der Waals surface area contributed by atoms with Gasteiger partial charge in [0.15, 0.2) is 0 Å². The van der Waals surface area contributed by atoms with E-state index in [1.165, 1.54) is 12.4 Å². The van der Waals surface area contributed by atoms with Crippen molar-refractivity contribution in [3.05, 3.63) is 67.9 Å². The summed E-state index contributed by atoms with van der Waals surface area (Å²) in [5, 5.41) is 7.59. The standard InChI is InChI=1S/C20H19N7O/c1-2-17(28)27(15-6-4-3-5-7-15)9-8-26-12-16(14-10-24-25-11-14)18-19(21)22-13-23-20(18)26/h2-7,10-13H,1,8-9H2,(H,24,25)(H2,21,22,23). The lowest BCUT2D eigenvalue weighted by Gasteiger charge is -2.21. The quantitative estimate of drug-likeness (QED) is 0.505. The number of amides is 1. The summed E-state index contributed by atoms with van der Waals surface area (Å²) in [4.78, 5) is 22.6. The molecule has 0 aliphatic rings. The zero-order valence-corrected chi connectivity index (χ0v) is 15.1. The molecule has 0 saturated carbocycles. The zero-order valence-electron chi connectivity index (χ0n) is 15.1. The van der Waals surface area contributed by atoms with E-state index in [1.54, 1.807) is 17.3 Å². The summed E-state index contributed by atoms with van der Waals surface area (Å²) >= 11 is 0. The molecule has 0 spiro atoms. The van der Waals surface area contributed by atoms with Gasteiger partial charge in [0.2, 0.25) is 5.91 Å². The first-order valence-corrected chi connectivity index (χ1v) is 8.76. The summed E-state index contributed by atoms with van der Waals surface area (Å²) in [7, 11) is 0. The predicted molar refractivity (Wildman–Crippen MR) is 109 cm³/mol. The van der Waals surface area contributed by atoms with Gasteiger partial charge in [0.05, 0.1) is 11.6 Å². The fourth-order valence-corrected chi connectivity index (χ4v) is 3.23. The molecule has 8 nitrogen and oxygen atoms in total. The number of carbonyl (C=O) groups is 1. The van der Waals surface area contributed by atoms with E-state index < -0.39 is 0 Å². The van der Waals surface area contributed by atoms with Gasteiger partial charge < -0.3 is 15.2 Å². The van der Waals surface area contributed by atoms with E-state index in [9.17, 15) is 4.79 Å². The molecule has 0 unspecified atom stereocenters. The lowest BCUT2D eigenvalue weighted by Crippen LogP contribution is -2.32. The topological polar surface area (TPSA) is 106 Å². The van der Waals surface area contributed by atoms with Gasteiger partial charge in [0.25, 0.3) is 0 Å². The summed E-state index contributed by atoms with van der Waals surface area (Å²) in [5.74, 6) is 0.244. The fourth-order valence-electron chi connectivity index (χ4n) is 3.23. The van der Waals surface area contributed by atoms with Gasteiger partial charge in [-0.05, 0) is 18.2 Å². The van der Waals surface area contributed by atoms with Gasteiger partial charge in [0, 0.05) is 42.3 Å². The number of aromatic nitrogens is 5. The Hall–Kier alpha value is -3.94. The van der Waals surface area contributed by atoms with Crippen molar-refractivity contribution in [2.45, 2.75) is 6.54 Å². The van der Waals surface area contributed by atoms with Gasteiger partial charge >= 0.3 is 0 Å². The highest BCUT2D eigenvalue weighted by Gasteiger charge is 2.18. The van der Waals surface area contributed by atoms with Gasteiger partial charge in [0.1, 0.15) is 17.8 Å². The summed E-state index contributed by atoms with van der Waals surface area (Å²) in [6.45, 7) is 4.59. The number of nitrogen functional groups attached to an aromatic ring is 1. The molecule has 8 heteroatoms. The molecule has 0 atom stereocenters. The summed E-state index contributed by atoms with van der Waals surface area (Å²) in [6, 6.07) is 9.50. The molecular formula is C20H19N7O. The Kier molecular flexibility index (Phi) is 4.59. The average molecular weight is 373 g/mol. The second-order valence-electron chi connectivity index (χ2n) is 6.21. The van der Waals surface area contributed by atoms with Crippen LogP contribution in [0.3, 0.4) is 0 Å². The van der Waals surface area contributed by atoms with Crippen LogP contribution in [0.25, 0.3) is 22.2 Å². The van der Waals surface area contributed by atoms with E-state index in [4.69, 9.17) is 5.73 Å². The number of nitrogens with two attached hydrogens (primary N) is 1. The third-order valence-corrected chi connectivity index (χ3v) is 4.57. The Labute approximate surface area is 161 Å². The van der Waals surface area contributed by atoms with Gasteiger partial charge in [-0.3, -0.25) is 9.89 Å². The van der Waals surface area contributed by atoms with Crippen LogP contribution in [-0.4, -0.2) is 37.2 Å². The van der Waals surface area contributed by atoms with E-state index in [2.05, 4.69) is 26.7 Å². The molecule has 1 aromatic carbocycles. The molecule has 1 amide bonds. The number of nitrogens with one attached hydrogen (secondary N) is 1. The summed E-state index contributed by atoms with van der Waals surface area (Å²) in [5.41, 5.74) is 9.43. The smallest absolute Gasteiger partial charge is 0.250 e. The van der Waals surface area contributed by atoms with Crippen LogP contribution in [0, 0.1) is 0 Å². The number of carbonyl (C=O) groups excluding carboxylic acids is 1. The number of hydrogen-bond donors (Lipinski definition) is 2. The van der Waals surface area contributed by atoms with E-state index >= 15 is 0 Å². The number of fused-ring (bicyclic) bond motifs is 1. The van der Waals surface area contributed by atoms with Crippen molar-refractivity contribution in [2.24, 2.45) is 0 Å². The second kappa shape index (κ2) is 7.36. The molecule has 0 bridgehead atoms. The van der Waals surface area contributed by atoms with Crippen LogP contribution in [0.15, 0.2) is 67.9 Å². The number of nitrogens with zero attached hydrogens (tertiary/aromatic N) is 5. The minimum Gasteiger partial charge on any atom is -0.383 e. The molecule has 0 fully saturated rings. The van der Waals surface area contributed by atoms with Gasteiger partial charge in [-0.2, -0.15) is 5.10 Å². The number of anilines is 2. The van der Waals surface area contributed by atoms with Crippen LogP contribution in [-0.2, 0) is 11.3 Å². The number of para-hydroxylation sites is 1. The molecule has 4 rings (SSSR count). The van der Waals surface area contributed by atoms with E-state index in [1.807, 2.05) is 41.1 Å². The van der Waals surface area contributed by atoms with Crippen molar-refractivity contribution in [3.8, 4) is 11.1 Å². The molecule has 140 valence electrons. The minimum absolute atomic E-state index is 0.160. The highest BCUT2D eigenvalue weighted by molar-refractivity contribution is 6.01. The van der Waals surface area contributed by atoms with Crippen LogP contribution in [0.4, 0.5) is 11.5 Å². The SMILES string of the molecule is C=CC(=O)N(CCn1cc(-c2cn[nH]c2)c2c(N)ncnc21)c1ccccc1. The predicted octanol–water partition coefficient (Wildman–Crippen LogP) is 2.62. The molecule has 4 aromatic rings. The number of H-pyrrole nitrogens is 1. The highest BCUT2D eigenvalue weighted by atomic mass is 16.2. The fraction of sp³-hybridized carbons (Fsp3) is 0.100. The lowest BCUT2D eigenvalue weighted by atomic mass is 10.1. The molecular weight excluding hydrogens is 354 g/mol. The van der Waals surface area contributed by atoms with Crippen LogP contribution >= 0.6 is 0 Å². The highest BCUT2D eigenvalue weighted by Crippen LogP contribution is 2.32. The minimum atomic E-state index is -0.160. The van der Waals surface area contributed by atoms with E-state index in [0.29, 0.717) is 24.6 Å². The third kappa shape index (κ3) is 3.11. The van der Waals surface area contributed by atoms with Crippen LogP contribution < -0.4 is 10.6 Å². The molecule has 28 heavy (non-hydrogen) atoms. The summed E-state index contributed by atoms with van der Waals surface area (Å²) in [6.07, 6.45) is 8.24. The Morgan fingerprint density at radius 3 is 2.82 bits per heavy atom. The van der Waals surface area contributed by atoms with Crippen LogP contribution in [0.2, 0.25) is 0 Å². The number of rotatable bonds is 6. The van der Waals surface area contributed by atoms with Crippen molar-refractivity contribution in [3.63, 3.8) is 0 Å². The first-order valence-electron chi connectivity index (χ1n) is 8.76. The molecule has 0 aliphatic heterocycles. The van der Waals surface area contributed by atoms with Gasteiger partial charge in [-0.1, -0.05) is 24.8 Å². The molecule has 0 aliphatic carbocycles. The van der Waals surface area contributed by atoms with Crippen LogP contribution in [0.1, 0.15) is 0 Å². The average Bonchev–Trinajstić information content (AvgIpc) is 3.37. The molecule has 3 N–H and O–H groups in total. The molecule has 3 heterocycles. The number of benzene rings is 1. The van der Waals surface area contributed by atoms with Crippen molar-refractivity contribution in [1.29, 1.82) is 0 Å². The number of hydrogen-bond acceptors (Lipinski definition) is 5. The van der Waals surface area contributed by atoms with Crippen molar-refractivity contribution < 1.29 is 4.79 Å². The number of aromatic amines is 1. The molecule has 0 radical (unpaired) electrons. The lowest BCUT2D eigenvalue weighted by molar-refractivity contribution is -0.114. The van der Waals surface area contributed by atoms with Gasteiger partial charge in [-0.15, -0.1) is 0 Å². The third-order valence-electron chi connectivity index (χ3n) is 4.57. The Balaban J connectivity index is 1.71. The molecule has 0 saturated heterocycles. The largest absolute Gasteiger partial charge is 0.383 e. The first kappa shape index (κ1) is 17.5. The van der Waals surface area contributed by atoms with Crippen LogP contribution in [0.5, 0.6) is 0 Å². The Morgan fingerprint density at radius 1 is 1.29 bits per heavy atom. The first-order chi connectivity index (χ1) is 13.7. The van der Waals surface area contributed by atoms with Crippen molar-refractivity contribution >= 4 is 28.4 Å². The monoisotopic (exact) mass is 373 g/mol.